The van der Waals surface area contributed by atoms with E-state index in [4.69, 9.17) is 0 Å². The Hall–Kier alpha value is -2.61. The Bertz CT molecular complexity index is 937. The second kappa shape index (κ2) is 11.7. The summed E-state index contributed by atoms with van der Waals surface area (Å²) in [5, 5.41) is 3.39. The molecule has 1 amide bonds. The monoisotopic (exact) mass is 462 g/mol. The molecule has 31 heavy (non-hydrogen) atoms. The third kappa shape index (κ3) is 5.97. The van der Waals surface area contributed by atoms with Crippen LogP contribution < -0.4 is 10.2 Å². The number of para-hydroxylation sites is 1. The summed E-state index contributed by atoms with van der Waals surface area (Å²) in [5.74, 6) is 1.01. The van der Waals surface area contributed by atoms with E-state index in [1.165, 1.54) is 0 Å². The van der Waals surface area contributed by atoms with Crippen LogP contribution in [0.2, 0.25) is 0 Å². The molecule has 3 heterocycles. The van der Waals surface area contributed by atoms with Gasteiger partial charge in [0.2, 0.25) is 5.91 Å². The van der Waals surface area contributed by atoms with Crippen molar-refractivity contribution in [3.8, 4) is 0 Å². The molecule has 166 valence electrons. The number of piperazine rings is 1. The van der Waals surface area contributed by atoms with E-state index in [2.05, 4.69) is 20.2 Å². The third-order valence-electron chi connectivity index (χ3n) is 5.26. The fourth-order valence-corrected chi connectivity index (χ4v) is 3.78. The molecule has 1 fully saturated rings. The van der Waals surface area contributed by atoms with Gasteiger partial charge in [-0.1, -0.05) is 24.3 Å². The standard InChI is InChI=1S/C22H26N6O.2ClH/c1-26-12-11-25-22(26)20-15-24-10-13-28(20)21(29)17-27(19-7-3-2-4-8-19)16-18-6-5-9-23-14-18;;/h2-9,11-12,14,20,24H,10,13,15-17H2,1H3;2*1H. The van der Waals surface area contributed by atoms with Gasteiger partial charge in [0.15, 0.2) is 0 Å². The van der Waals surface area contributed by atoms with Crippen LogP contribution >= 0.6 is 24.8 Å². The lowest BCUT2D eigenvalue weighted by molar-refractivity contribution is -0.133. The SMILES string of the molecule is Cl.Cl.Cn1ccnc1C1CNCCN1C(=O)CN(Cc1cccnc1)c1ccccc1. The van der Waals surface area contributed by atoms with Crippen LogP contribution in [0.3, 0.4) is 0 Å². The van der Waals surface area contributed by atoms with Gasteiger partial charge in [-0.3, -0.25) is 9.78 Å². The van der Waals surface area contributed by atoms with Crippen molar-refractivity contribution in [1.82, 2.24) is 24.8 Å². The smallest absolute Gasteiger partial charge is 0.242 e. The van der Waals surface area contributed by atoms with Gasteiger partial charge in [0.25, 0.3) is 0 Å². The number of amides is 1. The molecule has 9 heteroatoms. The number of imidazole rings is 1. The van der Waals surface area contributed by atoms with Crippen molar-refractivity contribution < 1.29 is 4.79 Å². The minimum absolute atomic E-state index is 0. The first-order valence-electron chi connectivity index (χ1n) is 9.88. The molecule has 0 aliphatic carbocycles. The molecular formula is C22H28Cl2N6O. The summed E-state index contributed by atoms with van der Waals surface area (Å²) in [6.45, 7) is 3.11. The quantitative estimate of drug-likeness (QED) is 0.609. The summed E-state index contributed by atoms with van der Waals surface area (Å²) in [5.41, 5.74) is 2.10. The Morgan fingerprint density at radius 1 is 1.16 bits per heavy atom. The van der Waals surface area contributed by atoms with E-state index in [1.807, 2.05) is 71.4 Å². The van der Waals surface area contributed by atoms with Gasteiger partial charge in [-0.15, -0.1) is 24.8 Å². The molecule has 0 radical (unpaired) electrons. The van der Waals surface area contributed by atoms with E-state index in [-0.39, 0.29) is 36.8 Å². The van der Waals surface area contributed by atoms with Gasteiger partial charge < -0.3 is 19.7 Å². The summed E-state index contributed by atoms with van der Waals surface area (Å²) in [6.07, 6.45) is 7.32. The molecule has 0 bridgehead atoms. The molecule has 0 saturated carbocycles. The number of carbonyl (C=O) groups is 1. The number of aryl methyl sites for hydroxylation is 1. The zero-order valence-corrected chi connectivity index (χ0v) is 19.1. The van der Waals surface area contributed by atoms with Gasteiger partial charge in [0, 0.05) is 63.7 Å². The molecule has 2 aromatic heterocycles. The summed E-state index contributed by atoms with van der Waals surface area (Å²) in [4.78, 5) is 26.2. The highest BCUT2D eigenvalue weighted by molar-refractivity contribution is 5.85. The van der Waals surface area contributed by atoms with Crippen molar-refractivity contribution in [3.05, 3.63) is 78.6 Å². The van der Waals surface area contributed by atoms with E-state index in [1.54, 1.807) is 12.4 Å². The van der Waals surface area contributed by atoms with Crippen LogP contribution in [0.1, 0.15) is 17.4 Å². The van der Waals surface area contributed by atoms with Crippen LogP contribution in [0.15, 0.2) is 67.3 Å². The molecule has 1 atom stereocenters. The van der Waals surface area contributed by atoms with E-state index in [0.29, 0.717) is 26.2 Å². The van der Waals surface area contributed by atoms with E-state index in [0.717, 1.165) is 23.6 Å². The van der Waals surface area contributed by atoms with Crippen molar-refractivity contribution >= 4 is 36.4 Å². The molecule has 1 aromatic carbocycles. The van der Waals surface area contributed by atoms with Gasteiger partial charge in [-0.2, -0.15) is 0 Å². The van der Waals surface area contributed by atoms with E-state index >= 15 is 0 Å². The highest BCUT2D eigenvalue weighted by atomic mass is 35.5. The van der Waals surface area contributed by atoms with Crippen molar-refractivity contribution in [2.75, 3.05) is 31.1 Å². The number of halogens is 2. The number of pyridine rings is 1. The Balaban J connectivity index is 0.00000171. The Labute approximate surface area is 195 Å². The van der Waals surface area contributed by atoms with Crippen molar-refractivity contribution in [2.45, 2.75) is 12.6 Å². The number of nitrogens with zero attached hydrogens (tertiary/aromatic N) is 5. The normalized spacial score (nSPS) is 15.5. The Morgan fingerprint density at radius 3 is 2.65 bits per heavy atom. The first-order valence-corrected chi connectivity index (χ1v) is 9.88. The predicted octanol–water partition coefficient (Wildman–Crippen LogP) is 2.84. The molecule has 1 saturated heterocycles. The fraction of sp³-hybridized carbons (Fsp3) is 0.318. The van der Waals surface area contributed by atoms with Gasteiger partial charge in [-0.25, -0.2) is 4.98 Å². The van der Waals surface area contributed by atoms with Crippen molar-refractivity contribution in [3.63, 3.8) is 0 Å². The zero-order chi connectivity index (χ0) is 20.1. The number of hydrogen-bond donors (Lipinski definition) is 1. The minimum Gasteiger partial charge on any atom is -0.358 e. The fourth-order valence-electron chi connectivity index (χ4n) is 3.78. The van der Waals surface area contributed by atoms with Gasteiger partial charge in [0.05, 0.1) is 6.54 Å². The summed E-state index contributed by atoms with van der Waals surface area (Å²) in [7, 11) is 1.97. The highest BCUT2D eigenvalue weighted by Crippen LogP contribution is 2.22. The lowest BCUT2D eigenvalue weighted by Crippen LogP contribution is -2.52. The second-order valence-corrected chi connectivity index (χ2v) is 7.26. The number of carbonyl (C=O) groups excluding carboxylic acids is 1. The largest absolute Gasteiger partial charge is 0.358 e. The molecule has 4 rings (SSSR count). The van der Waals surface area contributed by atoms with Gasteiger partial charge in [-0.05, 0) is 23.8 Å². The molecule has 3 aromatic rings. The maximum Gasteiger partial charge on any atom is 0.242 e. The van der Waals surface area contributed by atoms with Crippen molar-refractivity contribution in [2.24, 2.45) is 7.05 Å². The van der Waals surface area contributed by atoms with Crippen LogP contribution in [-0.4, -0.2) is 51.5 Å². The third-order valence-corrected chi connectivity index (χ3v) is 5.26. The zero-order valence-electron chi connectivity index (χ0n) is 17.4. The lowest BCUT2D eigenvalue weighted by atomic mass is 10.1. The van der Waals surface area contributed by atoms with Crippen LogP contribution in [-0.2, 0) is 18.4 Å². The minimum atomic E-state index is -0.0627. The van der Waals surface area contributed by atoms with Gasteiger partial charge in [0.1, 0.15) is 11.9 Å². The topological polar surface area (TPSA) is 66.3 Å². The molecule has 7 nitrogen and oxygen atoms in total. The molecule has 1 unspecified atom stereocenters. The number of benzene rings is 1. The molecule has 0 spiro atoms. The lowest BCUT2D eigenvalue weighted by Gasteiger charge is -2.37. The molecular weight excluding hydrogens is 435 g/mol. The summed E-state index contributed by atoms with van der Waals surface area (Å²) in [6, 6.07) is 14.0. The average molecular weight is 463 g/mol. The molecule has 1 aliphatic rings. The van der Waals surface area contributed by atoms with E-state index < -0.39 is 0 Å². The number of nitrogens with one attached hydrogen (secondary N) is 1. The molecule has 1 N–H and O–H groups in total. The van der Waals surface area contributed by atoms with Crippen LogP contribution in [0.25, 0.3) is 0 Å². The molecule has 1 aliphatic heterocycles. The number of anilines is 1. The first kappa shape index (κ1) is 24.7. The highest BCUT2D eigenvalue weighted by Gasteiger charge is 2.31. The summed E-state index contributed by atoms with van der Waals surface area (Å²) < 4.78 is 1.99. The second-order valence-electron chi connectivity index (χ2n) is 7.26. The van der Waals surface area contributed by atoms with E-state index in [9.17, 15) is 4.79 Å². The number of hydrogen-bond acceptors (Lipinski definition) is 5. The van der Waals surface area contributed by atoms with Gasteiger partial charge >= 0.3 is 0 Å². The maximum absolute atomic E-state index is 13.4. The van der Waals surface area contributed by atoms with Crippen LogP contribution in [0.4, 0.5) is 5.69 Å². The Kier molecular flexibility index (Phi) is 9.30. The predicted molar refractivity (Wildman–Crippen MR) is 127 cm³/mol. The number of rotatable bonds is 6. The first-order chi connectivity index (χ1) is 14.2. The van der Waals surface area contributed by atoms with Crippen molar-refractivity contribution in [1.29, 1.82) is 0 Å². The maximum atomic E-state index is 13.4. The Morgan fingerprint density at radius 2 is 1.97 bits per heavy atom. The van der Waals surface area contributed by atoms with Crippen LogP contribution in [0, 0.1) is 0 Å². The number of aromatic nitrogens is 3. The summed E-state index contributed by atoms with van der Waals surface area (Å²) >= 11 is 0. The van der Waals surface area contributed by atoms with Crippen LogP contribution in [0.5, 0.6) is 0 Å². The average Bonchev–Trinajstić information content (AvgIpc) is 3.20.